The first-order valence-electron chi connectivity index (χ1n) is 14.2. The van der Waals surface area contributed by atoms with Gasteiger partial charge in [0.15, 0.2) is 5.75 Å². The molecule has 12 heteroatoms. The van der Waals surface area contributed by atoms with Gasteiger partial charge in [-0.15, -0.1) is 0 Å². The van der Waals surface area contributed by atoms with E-state index in [1.165, 1.54) is 12.1 Å². The third kappa shape index (κ3) is 7.96. The molecule has 0 aliphatic heterocycles. The van der Waals surface area contributed by atoms with Gasteiger partial charge in [-0.25, -0.2) is 18.2 Å². The molecule has 1 radical (unpaired) electrons. The van der Waals surface area contributed by atoms with Gasteiger partial charge in [-0.05, 0) is 69.3 Å². The minimum atomic E-state index is -4.96. The number of hydrogen-bond acceptors (Lipinski definition) is 5. The maximum absolute atomic E-state index is 14.9. The summed E-state index contributed by atoms with van der Waals surface area (Å²) in [6, 6.07) is 9.14. The molecule has 3 aromatic carbocycles. The minimum absolute atomic E-state index is 0.0425. The number of aromatic nitrogens is 2. The third-order valence-corrected chi connectivity index (χ3v) is 6.91. The number of halogens is 6. The van der Waals surface area contributed by atoms with Crippen LogP contribution in [0.1, 0.15) is 44.7 Å². The maximum atomic E-state index is 14.9. The predicted molar refractivity (Wildman–Crippen MR) is 156 cm³/mol. The lowest BCUT2D eigenvalue weighted by Gasteiger charge is -2.17. The Morgan fingerprint density at radius 3 is 2.18 bits per heavy atom. The van der Waals surface area contributed by atoms with Crippen LogP contribution in [0, 0.1) is 12.7 Å². The molecule has 1 aromatic heterocycles. The van der Waals surface area contributed by atoms with Crippen molar-refractivity contribution in [2.75, 3.05) is 32.8 Å². The summed E-state index contributed by atoms with van der Waals surface area (Å²) in [4.78, 5) is 9.91. The monoisotopic (exact) mass is 622 g/mol. The minimum Gasteiger partial charge on any atom is -0.493 e. The van der Waals surface area contributed by atoms with E-state index in [4.69, 9.17) is 14.2 Å². The lowest BCUT2D eigenvalue weighted by atomic mass is 10.0. The Morgan fingerprint density at radius 1 is 0.864 bits per heavy atom. The Hall–Kier alpha value is -3.93. The molecule has 4 aromatic rings. The van der Waals surface area contributed by atoms with Gasteiger partial charge in [0.25, 0.3) is 5.92 Å². The number of imidazole rings is 1. The molecular formula is C32H34F6N3O3. The van der Waals surface area contributed by atoms with Crippen LogP contribution < -0.4 is 14.2 Å². The summed E-state index contributed by atoms with van der Waals surface area (Å²) in [6.45, 7) is 12.2. The SMILES string of the molecule is [CH2]CCOc1cc(OCCCN(CC)CC)cc2[nH]c(-c3ccc(Oc4ccc(F)c(C(F)(F)F)c4)cc3C(C)(F)F)nc12. The first-order chi connectivity index (χ1) is 20.8. The van der Waals surface area contributed by atoms with Crippen molar-refractivity contribution in [1.29, 1.82) is 0 Å². The fourth-order valence-corrected chi connectivity index (χ4v) is 4.66. The molecule has 0 unspecified atom stereocenters. The first kappa shape index (κ1) is 33.0. The normalized spacial score (nSPS) is 12.2. The van der Waals surface area contributed by atoms with Gasteiger partial charge >= 0.3 is 6.18 Å². The van der Waals surface area contributed by atoms with E-state index < -0.39 is 29.0 Å². The number of nitrogens with zero attached hydrogens (tertiary/aromatic N) is 2. The van der Waals surface area contributed by atoms with Crippen molar-refractivity contribution in [1.82, 2.24) is 14.9 Å². The summed E-state index contributed by atoms with van der Waals surface area (Å²) < 4.78 is 100. The molecule has 1 N–H and O–H groups in total. The average Bonchev–Trinajstić information content (AvgIpc) is 3.40. The first-order valence-corrected chi connectivity index (χ1v) is 14.2. The van der Waals surface area contributed by atoms with Gasteiger partial charge in [0.2, 0.25) is 0 Å². The topological polar surface area (TPSA) is 59.6 Å². The molecule has 44 heavy (non-hydrogen) atoms. The standard InChI is InChI=1S/C32H34F6N3O3/c1-5-14-43-28-19-22(42-15-8-13-41(6-2)7-3)18-27-29(28)40-30(39-27)23-11-9-20(16-24(23)31(4,34)35)44-21-10-12-26(33)25(17-21)32(36,37)38/h9-12,16-19H,1,5-8,13-15H2,2-4H3,(H,39,40). The lowest BCUT2D eigenvalue weighted by Crippen LogP contribution is -2.25. The fraction of sp³-hybridized carbons (Fsp3) is 0.375. The zero-order valence-corrected chi connectivity index (χ0v) is 24.7. The van der Waals surface area contributed by atoms with Crippen LogP contribution in [0.5, 0.6) is 23.0 Å². The molecule has 1 heterocycles. The van der Waals surface area contributed by atoms with Crippen molar-refractivity contribution >= 4 is 11.0 Å². The van der Waals surface area contributed by atoms with E-state index in [0.717, 1.165) is 38.2 Å². The Morgan fingerprint density at radius 2 is 1.55 bits per heavy atom. The zero-order chi connectivity index (χ0) is 32.1. The highest BCUT2D eigenvalue weighted by atomic mass is 19.4. The van der Waals surface area contributed by atoms with E-state index >= 15 is 0 Å². The largest absolute Gasteiger partial charge is 0.493 e. The molecular weight excluding hydrogens is 588 g/mol. The molecule has 0 amide bonds. The van der Waals surface area contributed by atoms with Crippen LogP contribution in [0.25, 0.3) is 22.4 Å². The lowest BCUT2D eigenvalue weighted by molar-refractivity contribution is -0.140. The van der Waals surface area contributed by atoms with Crippen LogP contribution in [0.4, 0.5) is 26.3 Å². The average molecular weight is 623 g/mol. The molecule has 0 aliphatic carbocycles. The number of alkyl halides is 5. The summed E-state index contributed by atoms with van der Waals surface area (Å²) in [6.07, 6.45) is -3.66. The quantitative estimate of drug-likeness (QED) is 0.112. The number of benzene rings is 3. The number of nitrogens with one attached hydrogen (secondary N) is 1. The molecule has 0 saturated carbocycles. The second-order valence-corrected chi connectivity index (χ2v) is 10.2. The molecule has 237 valence electrons. The maximum Gasteiger partial charge on any atom is 0.419 e. The molecule has 0 saturated heterocycles. The van der Waals surface area contributed by atoms with Crippen LogP contribution >= 0.6 is 0 Å². The van der Waals surface area contributed by atoms with Gasteiger partial charge < -0.3 is 24.1 Å². The van der Waals surface area contributed by atoms with Gasteiger partial charge in [0, 0.05) is 36.7 Å². The van der Waals surface area contributed by atoms with E-state index in [0.29, 0.717) is 61.2 Å². The zero-order valence-electron chi connectivity index (χ0n) is 24.7. The molecule has 0 fully saturated rings. The van der Waals surface area contributed by atoms with Crippen LogP contribution in [0.15, 0.2) is 48.5 Å². The molecule has 4 rings (SSSR count). The van der Waals surface area contributed by atoms with Crippen molar-refractivity contribution in [3.8, 4) is 34.4 Å². The molecule has 0 bridgehead atoms. The number of fused-ring (bicyclic) bond motifs is 1. The molecule has 0 aliphatic rings. The third-order valence-electron chi connectivity index (χ3n) is 6.91. The van der Waals surface area contributed by atoms with Crippen molar-refractivity contribution < 1.29 is 40.6 Å². The fourth-order valence-electron chi connectivity index (χ4n) is 4.66. The van der Waals surface area contributed by atoms with E-state index in [1.54, 1.807) is 12.1 Å². The van der Waals surface area contributed by atoms with Crippen LogP contribution in [0.3, 0.4) is 0 Å². The Labute approximate surface area is 251 Å². The second kappa shape index (κ2) is 13.8. The van der Waals surface area contributed by atoms with Crippen molar-refractivity contribution in [2.24, 2.45) is 0 Å². The van der Waals surface area contributed by atoms with Crippen molar-refractivity contribution in [3.05, 3.63) is 72.4 Å². The predicted octanol–water partition coefficient (Wildman–Crippen LogP) is 9.01. The molecule has 0 spiro atoms. The summed E-state index contributed by atoms with van der Waals surface area (Å²) in [7, 11) is 0. The number of ether oxygens (including phenoxy) is 3. The van der Waals surface area contributed by atoms with E-state index in [-0.39, 0.29) is 22.9 Å². The Bertz CT molecular complexity index is 1560. The van der Waals surface area contributed by atoms with Crippen LogP contribution in [-0.2, 0) is 12.1 Å². The summed E-state index contributed by atoms with van der Waals surface area (Å²) in [5, 5.41) is 0. The summed E-state index contributed by atoms with van der Waals surface area (Å²) >= 11 is 0. The highest BCUT2D eigenvalue weighted by molar-refractivity contribution is 5.87. The van der Waals surface area contributed by atoms with Gasteiger partial charge in [-0.2, -0.15) is 13.2 Å². The summed E-state index contributed by atoms with van der Waals surface area (Å²) in [5.41, 5.74) is -1.07. The van der Waals surface area contributed by atoms with E-state index in [1.807, 2.05) is 0 Å². The van der Waals surface area contributed by atoms with E-state index in [9.17, 15) is 26.3 Å². The van der Waals surface area contributed by atoms with Gasteiger partial charge in [0.05, 0.1) is 24.3 Å². The van der Waals surface area contributed by atoms with Gasteiger partial charge in [0.1, 0.15) is 34.4 Å². The van der Waals surface area contributed by atoms with Crippen LogP contribution in [0.2, 0.25) is 0 Å². The van der Waals surface area contributed by atoms with Crippen molar-refractivity contribution in [3.63, 3.8) is 0 Å². The molecule has 0 atom stereocenters. The Kier molecular flexibility index (Phi) is 10.3. The second-order valence-electron chi connectivity index (χ2n) is 10.2. The molecule has 6 nitrogen and oxygen atoms in total. The smallest absolute Gasteiger partial charge is 0.419 e. The number of aromatic amines is 1. The summed E-state index contributed by atoms with van der Waals surface area (Å²) in [5.74, 6) is -4.36. The van der Waals surface area contributed by atoms with Gasteiger partial charge in [-0.1, -0.05) is 13.8 Å². The number of hydrogen-bond donors (Lipinski definition) is 1. The number of rotatable bonds is 14. The highest BCUT2D eigenvalue weighted by Crippen LogP contribution is 2.41. The number of H-pyrrole nitrogens is 1. The van der Waals surface area contributed by atoms with Crippen molar-refractivity contribution in [2.45, 2.75) is 45.7 Å². The van der Waals surface area contributed by atoms with Crippen LogP contribution in [-0.4, -0.2) is 47.7 Å². The van der Waals surface area contributed by atoms with E-state index in [2.05, 4.69) is 35.6 Å². The highest BCUT2D eigenvalue weighted by Gasteiger charge is 2.35. The Balaban J connectivity index is 1.67. The van der Waals surface area contributed by atoms with Gasteiger partial charge in [-0.3, -0.25) is 0 Å².